The number of hydrogen-bond donors (Lipinski definition) is 1. The quantitative estimate of drug-likeness (QED) is 0.847. The number of fused-ring (bicyclic) bond motifs is 1. The minimum atomic E-state index is -4.83. The number of halogens is 3. The van der Waals surface area contributed by atoms with Crippen LogP contribution in [0.3, 0.4) is 0 Å². The smallest absolute Gasteiger partial charge is 0.486 e. The molecule has 1 heterocycles. The Bertz CT molecular complexity index is 1020. The zero-order valence-electron chi connectivity index (χ0n) is 15.1. The van der Waals surface area contributed by atoms with Gasteiger partial charge in [0.15, 0.2) is 5.54 Å². The van der Waals surface area contributed by atoms with Gasteiger partial charge in [-0.3, -0.25) is 4.79 Å². The third-order valence-corrected chi connectivity index (χ3v) is 4.46. The van der Waals surface area contributed by atoms with Crippen molar-refractivity contribution in [3.05, 3.63) is 59.2 Å². The average Bonchev–Trinajstić information content (AvgIpc) is 3.11. The van der Waals surface area contributed by atoms with Crippen molar-refractivity contribution in [1.29, 1.82) is 10.5 Å². The molecule has 1 N–H and O–H groups in total. The lowest BCUT2D eigenvalue weighted by Gasteiger charge is -2.29. The summed E-state index contributed by atoms with van der Waals surface area (Å²) in [5.41, 5.74) is -0.150. The highest BCUT2D eigenvalue weighted by molar-refractivity contribution is 5.95. The molecule has 0 spiro atoms. The molecule has 6 nitrogen and oxygen atoms in total. The molecule has 0 aliphatic carbocycles. The molecule has 2 aromatic rings. The number of nitrogens with zero attached hydrogens (tertiary/aromatic N) is 2. The first-order valence-electron chi connectivity index (χ1n) is 8.43. The summed E-state index contributed by atoms with van der Waals surface area (Å²) in [5.74, 6) is -0.580. The van der Waals surface area contributed by atoms with Crippen LogP contribution in [0.25, 0.3) is 0 Å². The second-order valence-corrected chi connectivity index (χ2v) is 6.59. The van der Waals surface area contributed by atoms with E-state index in [0.717, 1.165) is 29.8 Å². The van der Waals surface area contributed by atoms with Gasteiger partial charge in [0.1, 0.15) is 17.6 Å². The molecule has 0 unspecified atom stereocenters. The second-order valence-electron chi connectivity index (χ2n) is 6.59. The van der Waals surface area contributed by atoms with Crippen molar-refractivity contribution in [3.8, 4) is 23.6 Å². The van der Waals surface area contributed by atoms with E-state index in [1.54, 1.807) is 18.2 Å². The summed E-state index contributed by atoms with van der Waals surface area (Å²) in [6, 6.07) is 13.3. The molecule has 2 aromatic carbocycles. The largest absolute Gasteiger partial charge is 0.573 e. The summed E-state index contributed by atoms with van der Waals surface area (Å²) in [4.78, 5) is 12.5. The third kappa shape index (κ3) is 4.41. The van der Waals surface area contributed by atoms with E-state index < -0.39 is 29.7 Å². The Hall–Kier alpha value is -3.72. The summed E-state index contributed by atoms with van der Waals surface area (Å²) >= 11 is 0. The van der Waals surface area contributed by atoms with Crippen LogP contribution in [0.1, 0.15) is 28.4 Å². The van der Waals surface area contributed by atoms with Crippen LogP contribution in [-0.2, 0) is 6.42 Å². The number of amides is 1. The Morgan fingerprint density at radius 1 is 1.21 bits per heavy atom. The summed E-state index contributed by atoms with van der Waals surface area (Å²) < 4.78 is 46.2. The van der Waals surface area contributed by atoms with Crippen LogP contribution >= 0.6 is 0 Å². The molecule has 2 atom stereocenters. The van der Waals surface area contributed by atoms with Crippen LogP contribution in [-0.4, -0.2) is 23.9 Å². The molecule has 0 saturated heterocycles. The minimum absolute atomic E-state index is 0.0586. The predicted molar refractivity (Wildman–Crippen MR) is 93.9 cm³/mol. The van der Waals surface area contributed by atoms with E-state index in [0.29, 0.717) is 17.7 Å². The van der Waals surface area contributed by atoms with Crippen LogP contribution in [0, 0.1) is 22.7 Å². The molecule has 9 heteroatoms. The monoisotopic (exact) mass is 401 g/mol. The van der Waals surface area contributed by atoms with E-state index in [2.05, 4.69) is 10.1 Å². The Kier molecular flexibility index (Phi) is 5.08. The van der Waals surface area contributed by atoms with Gasteiger partial charge in [-0.2, -0.15) is 10.5 Å². The Morgan fingerprint density at radius 3 is 2.48 bits per heavy atom. The summed E-state index contributed by atoms with van der Waals surface area (Å²) in [6.07, 6.45) is -5.22. The lowest BCUT2D eigenvalue weighted by atomic mass is 9.92. The molecule has 1 aliphatic heterocycles. The highest BCUT2D eigenvalue weighted by Crippen LogP contribution is 2.34. The van der Waals surface area contributed by atoms with Crippen LogP contribution in [0.2, 0.25) is 0 Å². The van der Waals surface area contributed by atoms with E-state index in [-0.39, 0.29) is 5.56 Å². The molecule has 0 saturated carbocycles. The van der Waals surface area contributed by atoms with Gasteiger partial charge in [0.25, 0.3) is 5.91 Å². The fourth-order valence-corrected chi connectivity index (χ4v) is 2.94. The van der Waals surface area contributed by atoms with E-state index in [4.69, 9.17) is 10.00 Å². The minimum Gasteiger partial charge on any atom is -0.486 e. The maximum Gasteiger partial charge on any atom is 0.573 e. The van der Waals surface area contributed by atoms with Crippen LogP contribution in [0.15, 0.2) is 42.5 Å². The highest BCUT2D eigenvalue weighted by Gasteiger charge is 2.42. The van der Waals surface area contributed by atoms with Gasteiger partial charge < -0.3 is 14.8 Å². The number of benzene rings is 2. The van der Waals surface area contributed by atoms with Gasteiger partial charge in [-0.25, -0.2) is 0 Å². The van der Waals surface area contributed by atoms with Crippen molar-refractivity contribution in [2.45, 2.75) is 31.3 Å². The first kappa shape index (κ1) is 20.0. The maximum absolute atomic E-state index is 12.5. The molecule has 29 heavy (non-hydrogen) atoms. The molecule has 1 amide bonds. The number of carbonyl (C=O) groups excluding carboxylic acids is 1. The number of nitriles is 2. The van der Waals surface area contributed by atoms with E-state index >= 15 is 0 Å². The van der Waals surface area contributed by atoms with Crippen molar-refractivity contribution < 1.29 is 27.4 Å². The summed E-state index contributed by atoms with van der Waals surface area (Å²) in [6.45, 7) is 1.49. The molecule has 3 rings (SSSR count). The van der Waals surface area contributed by atoms with Gasteiger partial charge >= 0.3 is 6.36 Å². The second kappa shape index (κ2) is 7.36. The van der Waals surface area contributed by atoms with Gasteiger partial charge in [-0.1, -0.05) is 0 Å². The average molecular weight is 401 g/mol. The SMILES string of the molecule is C[C@@](C#N)(NC(=O)c1ccc(OC(F)(F)F)cc1)[C@H]1Cc2cc(C#N)ccc2O1. The zero-order chi connectivity index (χ0) is 21.2. The van der Waals surface area contributed by atoms with Crippen LogP contribution in [0.5, 0.6) is 11.5 Å². The molecule has 0 bridgehead atoms. The number of hydrogen-bond acceptors (Lipinski definition) is 5. The van der Waals surface area contributed by atoms with Crippen molar-refractivity contribution in [2.24, 2.45) is 0 Å². The first-order valence-corrected chi connectivity index (χ1v) is 8.43. The van der Waals surface area contributed by atoms with Crippen molar-refractivity contribution in [3.63, 3.8) is 0 Å². The van der Waals surface area contributed by atoms with E-state index in [9.17, 15) is 23.2 Å². The number of ether oxygens (including phenoxy) is 2. The molecule has 0 aromatic heterocycles. The molecular formula is C20H14F3N3O3. The number of carbonyl (C=O) groups is 1. The standard InChI is InChI=1S/C20H14F3N3O3/c1-19(11-25,17-9-14-8-12(10-24)2-7-16(14)28-17)26-18(27)13-3-5-15(6-4-13)29-20(21,22)23/h2-8,17H,9H2,1H3,(H,26,27)/t17-,19+/m1/s1. The topological polar surface area (TPSA) is 95.1 Å². The van der Waals surface area contributed by atoms with Gasteiger partial charge in [0.05, 0.1) is 17.7 Å². The van der Waals surface area contributed by atoms with Gasteiger partial charge in [0.2, 0.25) is 0 Å². The number of nitrogens with one attached hydrogen (secondary N) is 1. The van der Waals surface area contributed by atoms with E-state index in [1.165, 1.54) is 6.92 Å². The summed E-state index contributed by atoms with van der Waals surface area (Å²) in [7, 11) is 0. The molecule has 1 aliphatic rings. The van der Waals surface area contributed by atoms with Crippen molar-refractivity contribution in [2.75, 3.05) is 0 Å². The summed E-state index contributed by atoms with van der Waals surface area (Å²) in [5, 5.41) is 21.2. The zero-order valence-corrected chi connectivity index (χ0v) is 15.1. The van der Waals surface area contributed by atoms with Gasteiger partial charge in [-0.15, -0.1) is 13.2 Å². The molecule has 148 valence electrons. The number of rotatable bonds is 4. The molecule has 0 fully saturated rings. The van der Waals surface area contributed by atoms with Crippen LogP contribution < -0.4 is 14.8 Å². The van der Waals surface area contributed by atoms with Crippen LogP contribution in [0.4, 0.5) is 13.2 Å². The predicted octanol–water partition coefficient (Wildman–Crippen LogP) is 3.47. The molecule has 0 radical (unpaired) electrons. The lowest BCUT2D eigenvalue weighted by molar-refractivity contribution is -0.274. The fraction of sp³-hybridized carbons (Fsp3) is 0.250. The van der Waals surface area contributed by atoms with Gasteiger partial charge in [-0.05, 0) is 55.0 Å². The third-order valence-electron chi connectivity index (χ3n) is 4.46. The number of alkyl halides is 3. The molecular weight excluding hydrogens is 387 g/mol. The highest BCUT2D eigenvalue weighted by atomic mass is 19.4. The lowest BCUT2D eigenvalue weighted by Crippen LogP contribution is -2.55. The van der Waals surface area contributed by atoms with E-state index in [1.807, 2.05) is 12.1 Å². The fourth-order valence-electron chi connectivity index (χ4n) is 2.94. The Labute approximate surface area is 164 Å². The van der Waals surface area contributed by atoms with Gasteiger partial charge in [0, 0.05) is 12.0 Å². The Balaban J connectivity index is 1.73. The van der Waals surface area contributed by atoms with Crippen molar-refractivity contribution in [1.82, 2.24) is 5.32 Å². The van der Waals surface area contributed by atoms with Crippen molar-refractivity contribution >= 4 is 5.91 Å². The normalized spacial score (nSPS) is 17.1. The maximum atomic E-state index is 12.5. The Morgan fingerprint density at radius 2 is 1.90 bits per heavy atom. The first-order chi connectivity index (χ1) is 13.6.